The Hall–Kier alpha value is -6.14. The number of aromatic nitrogens is 2. The number of aliphatic hydroxyl groups is 2. The molecule has 0 radical (unpaired) electrons. The Morgan fingerprint density at radius 1 is 1.06 bits per heavy atom. The van der Waals surface area contributed by atoms with E-state index in [2.05, 4.69) is 34.9 Å². The van der Waals surface area contributed by atoms with Crippen LogP contribution in [0, 0.1) is 11.3 Å². The zero-order valence-electron chi connectivity index (χ0n) is 40.3. The van der Waals surface area contributed by atoms with Crippen molar-refractivity contribution in [1.82, 2.24) is 35.1 Å². The Kier molecular flexibility index (Phi) is 14.1. The molecule has 8 rings (SSSR count). The number of methoxy groups -OCH3 is 1. The molecule has 5 heterocycles. The predicted molar refractivity (Wildman–Crippen MR) is 257 cm³/mol. The number of phenols is 1. The van der Waals surface area contributed by atoms with E-state index >= 15 is 0 Å². The first-order valence-corrected chi connectivity index (χ1v) is 24.0. The molecule has 17 heteroatoms. The molecule has 368 valence electrons. The van der Waals surface area contributed by atoms with E-state index in [1.54, 1.807) is 19.4 Å². The third kappa shape index (κ3) is 9.87. The van der Waals surface area contributed by atoms with Crippen molar-refractivity contribution in [3.8, 4) is 28.1 Å². The summed E-state index contributed by atoms with van der Waals surface area (Å²) in [6.45, 7) is 10.3. The molecule has 3 aliphatic heterocycles. The summed E-state index contributed by atoms with van der Waals surface area (Å²) in [5, 5.41) is 40.0. The zero-order valence-corrected chi connectivity index (χ0v) is 40.3. The number of fused-ring (bicyclic) bond motifs is 6. The number of esters is 1. The fourth-order valence-electron chi connectivity index (χ4n) is 10.9. The topological polar surface area (TPSA) is 216 Å². The lowest BCUT2D eigenvalue weighted by Gasteiger charge is -2.40. The molecular formula is C52H65N7O10. The van der Waals surface area contributed by atoms with Gasteiger partial charge in [-0.15, -0.1) is 0 Å². The minimum Gasteiger partial charge on any atom is -0.508 e. The van der Waals surface area contributed by atoms with E-state index in [0.29, 0.717) is 36.9 Å². The molecule has 0 spiro atoms. The number of nitrogens with zero attached hydrogens (tertiary/aromatic N) is 5. The van der Waals surface area contributed by atoms with Gasteiger partial charge in [0.1, 0.15) is 17.8 Å². The number of benzene rings is 2. The molecule has 2 saturated heterocycles. The number of likely N-dealkylation sites (tertiary alicyclic amines) is 1. The van der Waals surface area contributed by atoms with Crippen molar-refractivity contribution in [1.29, 1.82) is 0 Å². The third-order valence-corrected chi connectivity index (χ3v) is 14.4. The standard InChI is InChI=1S/C52H65N7O10/c1-7-43(61)57-22-19-51(66,30-57)48(64)56(5)44(33-13-9-10-14-33)46(62)54-40-25-32-23-35(26-36(60)24-32)34-16-17-42-38(27-34)39(45(58(42)8-2)37-15-11-20-53-41(37)29-68-6)28-50(3,4)31-69-49(65)52(67)18-12-21-59(55-52)47(40)63/h7,11,15-17,20,23-24,26-27,33,40,44,55,60,66-67H,1,8-10,12-14,18-19,21-22,25,28-31H2,2-6H3,(H,54,62)/t40-,44-,51+,52-/m0/s1. The van der Waals surface area contributed by atoms with Crippen LogP contribution in [0.5, 0.6) is 5.75 Å². The minimum atomic E-state index is -2.29. The van der Waals surface area contributed by atoms with Crippen molar-refractivity contribution in [3.63, 3.8) is 0 Å². The van der Waals surface area contributed by atoms with Crippen LogP contribution in [0.3, 0.4) is 0 Å². The van der Waals surface area contributed by atoms with Crippen LogP contribution in [0.4, 0.5) is 0 Å². The van der Waals surface area contributed by atoms with Gasteiger partial charge < -0.3 is 44.5 Å². The Bertz CT molecular complexity index is 2660. The highest BCUT2D eigenvalue weighted by Gasteiger charge is 2.50. The SMILES string of the molecule is C=CC(=O)N1CC[C@](O)(C(=O)N(C)[C@H](C(=O)N[C@H]2Cc3cc(O)cc(c3)-c3ccc4c(c3)c(c(-c3cccnc3COC)n4CC)CC(C)(C)COC(=O)[C@@]3(O)CCCN(N3)C2=O)C2CCCC2)C1. The maximum atomic E-state index is 14.9. The summed E-state index contributed by atoms with van der Waals surface area (Å²) in [7, 11) is 3.09. The Labute approximate surface area is 402 Å². The van der Waals surface area contributed by atoms with Gasteiger partial charge in [-0.1, -0.05) is 45.4 Å². The van der Waals surface area contributed by atoms with Gasteiger partial charge in [0.25, 0.3) is 11.8 Å². The Morgan fingerprint density at radius 2 is 1.83 bits per heavy atom. The van der Waals surface area contributed by atoms with Crippen LogP contribution in [-0.4, -0.2) is 133 Å². The zero-order chi connectivity index (χ0) is 49.4. The number of hydrogen-bond acceptors (Lipinski definition) is 12. The van der Waals surface area contributed by atoms with Crippen molar-refractivity contribution in [2.45, 2.75) is 115 Å². The summed E-state index contributed by atoms with van der Waals surface area (Å²) >= 11 is 0. The third-order valence-electron chi connectivity index (χ3n) is 14.4. The van der Waals surface area contributed by atoms with Crippen molar-refractivity contribution in [2.24, 2.45) is 11.3 Å². The highest BCUT2D eigenvalue weighted by Crippen LogP contribution is 2.42. The highest BCUT2D eigenvalue weighted by atomic mass is 16.6. The van der Waals surface area contributed by atoms with Gasteiger partial charge in [-0.2, -0.15) is 5.43 Å². The largest absolute Gasteiger partial charge is 0.508 e. The first-order valence-electron chi connectivity index (χ1n) is 24.0. The van der Waals surface area contributed by atoms with Crippen molar-refractivity contribution < 1.29 is 48.8 Å². The predicted octanol–water partition coefficient (Wildman–Crippen LogP) is 4.38. The number of rotatable bonds is 10. The van der Waals surface area contributed by atoms with Crippen LogP contribution in [0.1, 0.15) is 82.5 Å². The smallest absolute Gasteiger partial charge is 0.355 e. The Morgan fingerprint density at radius 3 is 2.55 bits per heavy atom. The van der Waals surface area contributed by atoms with Crippen LogP contribution in [0.15, 0.2) is 67.4 Å². The molecule has 17 nitrogen and oxygen atoms in total. The number of nitrogens with one attached hydrogen (secondary N) is 2. The molecule has 69 heavy (non-hydrogen) atoms. The van der Waals surface area contributed by atoms with Crippen LogP contribution < -0.4 is 10.7 Å². The number of aryl methyl sites for hydroxylation is 1. The summed E-state index contributed by atoms with van der Waals surface area (Å²) < 4.78 is 13.8. The van der Waals surface area contributed by atoms with Gasteiger partial charge in [0.15, 0.2) is 5.60 Å². The van der Waals surface area contributed by atoms with Crippen LogP contribution in [0.2, 0.25) is 0 Å². The van der Waals surface area contributed by atoms with Gasteiger partial charge in [0, 0.05) is 81.1 Å². The first kappa shape index (κ1) is 49.3. The van der Waals surface area contributed by atoms with E-state index < -0.39 is 58.4 Å². The normalized spacial score (nSPS) is 23.6. The number of aromatic hydroxyl groups is 1. The summed E-state index contributed by atoms with van der Waals surface area (Å²) in [6.07, 6.45) is 6.17. The summed E-state index contributed by atoms with van der Waals surface area (Å²) in [4.78, 5) is 77.7. The second kappa shape index (κ2) is 19.7. The number of hydrogen-bond donors (Lipinski definition) is 5. The molecule has 3 fully saturated rings. The number of β-amino-alcohol motifs (C(OH)–C–C–N with tert-alkyl or cyclic N) is 1. The summed E-state index contributed by atoms with van der Waals surface area (Å²) in [5.74, 6) is -3.78. The van der Waals surface area contributed by atoms with Gasteiger partial charge in [0.2, 0.25) is 17.5 Å². The summed E-state index contributed by atoms with van der Waals surface area (Å²) in [6, 6.07) is 12.6. The van der Waals surface area contributed by atoms with Crippen molar-refractivity contribution in [2.75, 3.05) is 40.4 Å². The molecule has 1 aliphatic carbocycles. The van der Waals surface area contributed by atoms with Gasteiger partial charge >= 0.3 is 5.97 Å². The van der Waals surface area contributed by atoms with Gasteiger partial charge in [-0.25, -0.2) is 4.79 Å². The number of cyclic esters (lactones) is 1. The molecule has 4 amide bonds. The lowest BCUT2D eigenvalue weighted by Crippen LogP contribution is -2.67. The maximum Gasteiger partial charge on any atom is 0.355 e. The lowest BCUT2D eigenvalue weighted by atomic mass is 9.84. The lowest BCUT2D eigenvalue weighted by molar-refractivity contribution is -0.189. The minimum absolute atomic E-state index is 0.0289. The van der Waals surface area contributed by atoms with Crippen molar-refractivity contribution in [3.05, 3.63) is 84.2 Å². The van der Waals surface area contributed by atoms with E-state index in [4.69, 9.17) is 14.5 Å². The summed E-state index contributed by atoms with van der Waals surface area (Å²) in [5.41, 5.74) is 4.32. The second-order valence-electron chi connectivity index (χ2n) is 20.0. The van der Waals surface area contributed by atoms with Gasteiger partial charge in [-0.3, -0.25) is 29.2 Å². The quantitative estimate of drug-likeness (QED) is 0.111. The molecule has 4 atom stereocenters. The fraction of sp³-hybridized carbons (Fsp3) is 0.500. The molecule has 0 unspecified atom stereocenters. The highest BCUT2D eigenvalue weighted by molar-refractivity contribution is 5.97. The molecular weight excluding hydrogens is 883 g/mol. The van der Waals surface area contributed by atoms with Gasteiger partial charge in [0.05, 0.1) is 31.1 Å². The van der Waals surface area contributed by atoms with E-state index in [-0.39, 0.29) is 70.2 Å². The number of carbonyl (C=O) groups is 5. The number of amides is 4. The number of carbonyl (C=O) groups excluding carboxylic acids is 5. The second-order valence-corrected chi connectivity index (χ2v) is 20.0. The molecule has 6 bridgehead atoms. The molecule has 1 saturated carbocycles. The molecule has 4 aliphatic rings. The molecule has 4 aromatic rings. The number of likely N-dealkylation sites (N-methyl/N-ethyl adjacent to an activating group) is 1. The molecule has 5 N–H and O–H groups in total. The monoisotopic (exact) mass is 947 g/mol. The van der Waals surface area contributed by atoms with Gasteiger partial charge in [-0.05, 0) is 103 Å². The number of pyridine rings is 1. The van der Waals surface area contributed by atoms with E-state index in [0.717, 1.165) is 62.9 Å². The fourth-order valence-corrected chi connectivity index (χ4v) is 10.9. The molecule has 2 aromatic carbocycles. The van der Waals surface area contributed by atoms with Crippen LogP contribution >= 0.6 is 0 Å². The van der Waals surface area contributed by atoms with E-state index in [9.17, 15) is 39.3 Å². The number of hydrazine groups is 1. The van der Waals surface area contributed by atoms with Crippen molar-refractivity contribution >= 4 is 40.5 Å². The average molecular weight is 948 g/mol. The maximum absolute atomic E-state index is 14.9. The number of phenolic OH excluding ortho intramolecular Hbond substituents is 1. The van der Waals surface area contributed by atoms with Crippen LogP contribution in [0.25, 0.3) is 33.3 Å². The van der Waals surface area contributed by atoms with E-state index in [1.807, 2.05) is 44.2 Å². The number of ether oxygens (including phenoxy) is 2. The first-order chi connectivity index (χ1) is 32.9. The average Bonchev–Trinajstić information content (AvgIpc) is 4.08. The van der Waals surface area contributed by atoms with Crippen LogP contribution in [-0.2, 0) is 59.4 Å². The molecule has 2 aromatic heterocycles. The van der Waals surface area contributed by atoms with E-state index in [1.165, 1.54) is 22.9 Å². The Balaban J connectivity index is 1.22.